The summed E-state index contributed by atoms with van der Waals surface area (Å²) in [5.41, 5.74) is -1.57. The first-order valence-electron chi connectivity index (χ1n) is 5.94. The van der Waals surface area contributed by atoms with Crippen molar-refractivity contribution in [1.29, 1.82) is 0 Å². The number of alkyl halides is 1. The molecule has 100 valence electrons. The minimum atomic E-state index is -1.72. The van der Waals surface area contributed by atoms with E-state index in [-0.39, 0.29) is 18.0 Å². The highest BCUT2D eigenvalue weighted by Gasteiger charge is 2.31. The first-order chi connectivity index (χ1) is 8.49. The third-order valence-electron chi connectivity index (χ3n) is 3.15. The van der Waals surface area contributed by atoms with Gasteiger partial charge >= 0.3 is 0 Å². The van der Waals surface area contributed by atoms with E-state index in [1.54, 1.807) is 0 Å². The molecule has 1 aliphatic rings. The monoisotopic (exact) mass is 259 g/mol. The second-order valence-electron chi connectivity index (χ2n) is 4.76. The van der Waals surface area contributed by atoms with Gasteiger partial charge in [0, 0.05) is 19.0 Å². The average Bonchev–Trinajstić information content (AvgIpc) is 2.33. The van der Waals surface area contributed by atoms with Gasteiger partial charge < -0.3 is 10.1 Å². The predicted molar refractivity (Wildman–Crippen MR) is 62.0 cm³/mol. The molecule has 0 bridgehead atoms. The van der Waals surface area contributed by atoms with Gasteiger partial charge in [-0.2, -0.15) is 0 Å². The van der Waals surface area contributed by atoms with Gasteiger partial charge in [-0.05, 0) is 24.6 Å². The molecule has 5 heteroatoms. The molecule has 1 aliphatic heterocycles. The second-order valence-corrected chi connectivity index (χ2v) is 4.76. The van der Waals surface area contributed by atoms with Crippen molar-refractivity contribution in [2.75, 3.05) is 19.8 Å². The van der Waals surface area contributed by atoms with E-state index in [1.807, 2.05) is 0 Å². The first-order valence-corrected chi connectivity index (χ1v) is 5.94. The van der Waals surface area contributed by atoms with Crippen molar-refractivity contribution in [3.63, 3.8) is 0 Å². The summed E-state index contributed by atoms with van der Waals surface area (Å²) >= 11 is 0. The standard InChI is InChI=1S/C13H16F3NO/c1-13(16,7-10-8-18-5-4-17-10)9-2-3-11(14)12(15)6-9/h2-3,6,10,17H,4-5,7-8H2,1H3. The highest BCUT2D eigenvalue weighted by Crippen LogP contribution is 2.31. The topological polar surface area (TPSA) is 21.3 Å². The van der Waals surface area contributed by atoms with E-state index in [0.29, 0.717) is 19.8 Å². The van der Waals surface area contributed by atoms with E-state index in [0.717, 1.165) is 12.1 Å². The normalized spacial score (nSPS) is 23.7. The fourth-order valence-corrected chi connectivity index (χ4v) is 2.15. The zero-order valence-electron chi connectivity index (χ0n) is 10.2. The maximum Gasteiger partial charge on any atom is 0.159 e. The minimum Gasteiger partial charge on any atom is -0.379 e. The van der Waals surface area contributed by atoms with Crippen LogP contribution in [0, 0.1) is 11.6 Å². The van der Waals surface area contributed by atoms with Gasteiger partial charge in [-0.3, -0.25) is 0 Å². The van der Waals surface area contributed by atoms with Crippen molar-refractivity contribution in [2.45, 2.75) is 25.1 Å². The Balaban J connectivity index is 2.10. The number of nitrogens with one attached hydrogen (secondary N) is 1. The van der Waals surface area contributed by atoms with Crippen LogP contribution in [0.25, 0.3) is 0 Å². The van der Waals surface area contributed by atoms with Crippen LogP contribution in [0.5, 0.6) is 0 Å². The lowest BCUT2D eigenvalue weighted by molar-refractivity contribution is 0.0473. The van der Waals surface area contributed by atoms with Gasteiger partial charge in [0.1, 0.15) is 5.67 Å². The van der Waals surface area contributed by atoms with E-state index < -0.39 is 17.3 Å². The van der Waals surface area contributed by atoms with Gasteiger partial charge in [-0.25, -0.2) is 13.2 Å². The Morgan fingerprint density at radius 3 is 2.78 bits per heavy atom. The van der Waals surface area contributed by atoms with Crippen molar-refractivity contribution in [3.05, 3.63) is 35.4 Å². The van der Waals surface area contributed by atoms with Crippen LogP contribution in [0.4, 0.5) is 13.2 Å². The largest absolute Gasteiger partial charge is 0.379 e. The number of hydrogen-bond acceptors (Lipinski definition) is 2. The maximum absolute atomic E-state index is 14.5. The lowest BCUT2D eigenvalue weighted by Crippen LogP contribution is -2.44. The summed E-state index contributed by atoms with van der Waals surface area (Å²) in [4.78, 5) is 0. The number of ether oxygens (including phenoxy) is 1. The van der Waals surface area contributed by atoms with Gasteiger partial charge in [-0.15, -0.1) is 0 Å². The molecule has 1 aromatic rings. The van der Waals surface area contributed by atoms with Crippen molar-refractivity contribution >= 4 is 0 Å². The molecule has 1 saturated heterocycles. The van der Waals surface area contributed by atoms with Crippen LogP contribution in [-0.2, 0) is 10.4 Å². The van der Waals surface area contributed by atoms with E-state index >= 15 is 0 Å². The van der Waals surface area contributed by atoms with Crippen LogP contribution in [0.3, 0.4) is 0 Å². The quantitative estimate of drug-likeness (QED) is 0.900. The van der Waals surface area contributed by atoms with Gasteiger partial charge in [0.15, 0.2) is 11.6 Å². The predicted octanol–water partition coefficient (Wildman–Crippen LogP) is 2.53. The SMILES string of the molecule is CC(F)(CC1COCCN1)c1ccc(F)c(F)c1. The number of hydrogen-bond donors (Lipinski definition) is 1. The van der Waals surface area contributed by atoms with Crippen LogP contribution >= 0.6 is 0 Å². The number of benzene rings is 1. The first kappa shape index (κ1) is 13.4. The average molecular weight is 259 g/mol. The number of rotatable bonds is 3. The molecule has 0 radical (unpaired) electrons. The summed E-state index contributed by atoms with van der Waals surface area (Å²) in [5, 5.41) is 3.14. The molecule has 1 fully saturated rings. The fourth-order valence-electron chi connectivity index (χ4n) is 2.15. The molecule has 0 aliphatic carbocycles. The van der Waals surface area contributed by atoms with Gasteiger partial charge in [0.05, 0.1) is 13.2 Å². The molecule has 0 amide bonds. The highest BCUT2D eigenvalue weighted by molar-refractivity contribution is 5.24. The van der Waals surface area contributed by atoms with Crippen molar-refractivity contribution in [1.82, 2.24) is 5.32 Å². The summed E-state index contributed by atoms with van der Waals surface area (Å²) in [5.74, 6) is -1.99. The van der Waals surface area contributed by atoms with E-state index in [4.69, 9.17) is 4.74 Å². The molecular weight excluding hydrogens is 243 g/mol. The zero-order valence-corrected chi connectivity index (χ0v) is 10.2. The fraction of sp³-hybridized carbons (Fsp3) is 0.538. The van der Waals surface area contributed by atoms with Crippen LogP contribution in [0.15, 0.2) is 18.2 Å². The molecule has 2 nitrogen and oxygen atoms in total. The smallest absolute Gasteiger partial charge is 0.159 e. The molecule has 0 aromatic heterocycles. The molecule has 2 atom stereocenters. The van der Waals surface area contributed by atoms with Crippen molar-refractivity contribution in [3.8, 4) is 0 Å². The summed E-state index contributed by atoms with van der Waals surface area (Å²) in [7, 11) is 0. The Kier molecular flexibility index (Phi) is 3.92. The number of halogens is 3. The second kappa shape index (κ2) is 5.28. The summed E-state index contributed by atoms with van der Waals surface area (Å²) in [6, 6.07) is 3.04. The third-order valence-corrected chi connectivity index (χ3v) is 3.15. The van der Waals surface area contributed by atoms with Gasteiger partial charge in [-0.1, -0.05) is 6.07 Å². The molecule has 0 saturated carbocycles. The molecule has 2 unspecified atom stereocenters. The summed E-state index contributed by atoms with van der Waals surface area (Å²) in [6.07, 6.45) is 0.165. The van der Waals surface area contributed by atoms with E-state index in [2.05, 4.69) is 5.32 Å². The van der Waals surface area contributed by atoms with Crippen LogP contribution in [0.1, 0.15) is 18.9 Å². The van der Waals surface area contributed by atoms with Gasteiger partial charge in [0.25, 0.3) is 0 Å². The zero-order chi connectivity index (χ0) is 13.2. The minimum absolute atomic E-state index is 0.109. The van der Waals surface area contributed by atoms with Crippen LogP contribution in [-0.4, -0.2) is 25.8 Å². The van der Waals surface area contributed by atoms with Crippen LogP contribution < -0.4 is 5.32 Å². The Bertz CT molecular complexity index is 417. The van der Waals surface area contributed by atoms with Crippen molar-refractivity contribution in [2.24, 2.45) is 0 Å². The molecule has 0 spiro atoms. The number of morpholine rings is 1. The van der Waals surface area contributed by atoms with Gasteiger partial charge in [0.2, 0.25) is 0 Å². The summed E-state index contributed by atoms with van der Waals surface area (Å²) in [6.45, 7) is 3.10. The summed E-state index contributed by atoms with van der Waals surface area (Å²) < 4.78 is 45.7. The molecule has 18 heavy (non-hydrogen) atoms. The molecule has 1 aromatic carbocycles. The lowest BCUT2D eigenvalue weighted by Gasteiger charge is -2.30. The Morgan fingerprint density at radius 1 is 1.39 bits per heavy atom. The molecular formula is C13H16F3NO. The highest BCUT2D eigenvalue weighted by atomic mass is 19.2. The molecule has 2 rings (SSSR count). The maximum atomic E-state index is 14.5. The van der Waals surface area contributed by atoms with Crippen LogP contribution in [0.2, 0.25) is 0 Å². The van der Waals surface area contributed by atoms with E-state index in [1.165, 1.54) is 13.0 Å². The molecule has 1 N–H and O–H groups in total. The Labute approximate surface area is 104 Å². The van der Waals surface area contributed by atoms with E-state index in [9.17, 15) is 13.2 Å². The Hall–Kier alpha value is -1.07. The lowest BCUT2D eigenvalue weighted by atomic mass is 9.90. The third kappa shape index (κ3) is 3.03. The molecule has 1 heterocycles. The van der Waals surface area contributed by atoms with Crippen molar-refractivity contribution < 1.29 is 17.9 Å². The Morgan fingerprint density at radius 2 is 2.17 bits per heavy atom.